The van der Waals surface area contributed by atoms with Gasteiger partial charge in [-0.15, -0.1) is 0 Å². The molecule has 11 amide bonds. The number of fused-ring (bicyclic) bond motifs is 4. The molecule has 0 bridgehead atoms. The molecule has 31 heteroatoms. The van der Waals surface area contributed by atoms with Crippen LogP contribution in [0.5, 0.6) is 0 Å². The minimum atomic E-state index is -4.47. The molecule has 144 heavy (non-hydrogen) atoms. The molecule has 9 heterocycles. The second-order valence-electron chi connectivity index (χ2n) is 41.8. The molecule has 0 saturated carbocycles. The number of primary amides is 1. The fourth-order valence-electron chi connectivity index (χ4n) is 24.1. The molecule has 18 rings (SSSR count). The summed E-state index contributed by atoms with van der Waals surface area (Å²) in [7, 11) is 6.92. The molecule has 0 radical (unpaired) electrons. The van der Waals surface area contributed by atoms with Crippen LogP contribution in [-0.2, 0) is 32.9 Å². The number of nitrogens with two attached hydrogens (primary N) is 1. The first-order valence-electron chi connectivity index (χ1n) is 50.4. The predicted molar refractivity (Wildman–Crippen MR) is 538 cm³/mol. The molecule has 22 nitrogen and oxygen atoms in total. The summed E-state index contributed by atoms with van der Waals surface area (Å²) in [4.78, 5) is 116. The number of allylic oxidation sites excluding steroid dienone is 2. The van der Waals surface area contributed by atoms with Crippen molar-refractivity contribution in [3.05, 3.63) is 293 Å². The van der Waals surface area contributed by atoms with Crippen molar-refractivity contribution in [2.45, 2.75) is 195 Å². The van der Waals surface area contributed by atoms with E-state index in [1.54, 1.807) is 96.8 Å². The van der Waals surface area contributed by atoms with E-state index in [4.69, 9.17) is 10.5 Å². The number of piperidine rings is 4. The van der Waals surface area contributed by atoms with Crippen molar-refractivity contribution in [3.63, 3.8) is 0 Å². The zero-order chi connectivity index (χ0) is 104. The van der Waals surface area contributed by atoms with Gasteiger partial charge in [0, 0.05) is 142 Å². The number of hydrogen-bond donors (Lipinski definition) is 2. The van der Waals surface area contributed by atoms with Crippen molar-refractivity contribution in [3.8, 4) is 0 Å². The van der Waals surface area contributed by atoms with Gasteiger partial charge in [0.1, 0.15) is 0 Å². The van der Waals surface area contributed by atoms with Gasteiger partial charge in [0.15, 0.2) is 12.4 Å². The van der Waals surface area contributed by atoms with Crippen LogP contribution in [0.2, 0.25) is 0 Å². The fraction of sp³-hybridized carbons (Fsp3) is 0.487. The maximum absolute atomic E-state index is 14.1. The first-order valence-corrected chi connectivity index (χ1v) is 50.4. The Morgan fingerprint density at radius 3 is 1.03 bits per heavy atom. The molecule has 10 aliphatic rings. The number of ketones is 1. The van der Waals surface area contributed by atoms with Gasteiger partial charge in [-0.05, 0) is 255 Å². The zero-order valence-corrected chi connectivity index (χ0v) is 85.5. The highest BCUT2D eigenvalue weighted by molar-refractivity contribution is 5.96. The van der Waals surface area contributed by atoms with Crippen LogP contribution in [0.15, 0.2) is 187 Å². The maximum atomic E-state index is 14.1. The smallest absolute Gasteiger partial charge is 0.416 e. The van der Waals surface area contributed by atoms with Crippen molar-refractivity contribution >= 4 is 47.9 Å². The molecular weight excluding hydrogens is 1850 g/mol. The summed E-state index contributed by atoms with van der Waals surface area (Å²) in [5, 5.41) is 3.58. The van der Waals surface area contributed by atoms with E-state index in [9.17, 15) is 73.1 Å². The molecule has 0 aromatic heterocycles. The van der Waals surface area contributed by atoms with E-state index in [2.05, 4.69) is 109 Å². The Balaban J connectivity index is 0.000000145. The average Bonchev–Trinajstić information content (AvgIpc) is 1.59. The largest absolute Gasteiger partial charge is 0.455 e. The number of urea groups is 5. The number of likely N-dealkylation sites (tertiary alicyclic amines) is 7. The summed E-state index contributed by atoms with van der Waals surface area (Å²) >= 11 is 0. The quantitative estimate of drug-likeness (QED) is 0.104. The Hall–Kier alpha value is -12.4. The number of aryl methyl sites for hydroxylation is 9. The number of alkyl halides is 9. The van der Waals surface area contributed by atoms with E-state index in [1.807, 2.05) is 106 Å². The lowest BCUT2D eigenvalue weighted by Crippen LogP contribution is -2.51. The van der Waals surface area contributed by atoms with Crippen LogP contribution in [0.4, 0.5) is 63.5 Å². The van der Waals surface area contributed by atoms with E-state index in [-0.39, 0.29) is 102 Å². The molecule has 8 fully saturated rings. The van der Waals surface area contributed by atoms with Crippen LogP contribution >= 0.6 is 0 Å². The number of amides is 11. The number of carbonyl (C=O) groups excluding carboxylic acids is 7. The lowest BCUT2D eigenvalue weighted by molar-refractivity contribution is -0.138. The monoisotopic (exact) mass is 1990 g/mol. The summed E-state index contributed by atoms with van der Waals surface area (Å²) < 4.78 is 127. The van der Waals surface area contributed by atoms with Crippen LogP contribution in [0, 0.1) is 110 Å². The number of nitrogens with one attached hydrogen (secondary N) is 1. The minimum Gasteiger partial charge on any atom is -0.455 e. The third kappa shape index (κ3) is 22.9. The standard InChI is InChI=1S/C31H36F3N3O2.C29H33F3N4O3.C27H33F3N4O2.C26H35N3O/c1-19-13-23(15-24(14-19)31(32,33)34)21(3)35(4)30(39)37-12-11-22-17-36(25-9-10-26(38)16-25)18-28(22)29(37)27-8-6-5-7-20(27)2;1-17-11-21(13-22(12-17)29(30,31)32)19(3)34(4)28(38)36-10-9-20-14-35(27-33-25(37)16-39-27)15-24(20)26(36)23-8-6-5-7-18(23)2;1-16-11-20(13-21(12-16)27(28,29)30)18(3)32(4)26(36)34-10-9-19-14-33(25(31)35)15-23(19)24(34)22-8-6-5-7-17(22)2;1-17-12-18(2)14-22(13-17)20(4)28(5)26(30)29-11-10-21-15-27-16-24(21)25(29)23-9-7-6-8-19(23)3/h5-8,13-16,21-22,28-29H,9-12,17-18H2,1-4H3;5-8,11-13,19-20,24,26H,9-10,14-16H2,1-4H3;5-8,11-13,18-19,23-24H,9-10,14-15H2,1-4H3,(H2,31,35);6-9,12-14,20-21,24-25,27H,10-11,15-16H2,1-5H3/t21-,22-,28?,29+;19-,20-,24?,26+;18-,19-,23?,24+;20-,21-,24?,25+/m1111/s1. The number of benzene rings is 8. The Morgan fingerprint density at radius 1 is 0.389 bits per heavy atom. The number of hydrogen-bond acceptors (Lipinski definition) is 11. The van der Waals surface area contributed by atoms with Gasteiger partial charge in [-0.3, -0.25) is 9.59 Å². The molecule has 4 unspecified atom stereocenters. The number of aliphatic imine (C=N–C) groups is 1. The number of rotatable bonds is 13. The van der Waals surface area contributed by atoms with Gasteiger partial charge in [0.05, 0.1) is 65.0 Å². The third-order valence-corrected chi connectivity index (χ3v) is 32.3. The minimum absolute atomic E-state index is 0.0239. The van der Waals surface area contributed by atoms with Crippen LogP contribution in [0.25, 0.3) is 0 Å². The third-order valence-electron chi connectivity index (χ3n) is 32.3. The van der Waals surface area contributed by atoms with Gasteiger partial charge >= 0.3 is 48.7 Å². The van der Waals surface area contributed by atoms with Crippen molar-refractivity contribution in [2.24, 2.45) is 58.1 Å². The first-order chi connectivity index (χ1) is 68.1. The van der Waals surface area contributed by atoms with E-state index < -0.39 is 59.4 Å². The first kappa shape index (κ1) is 106. The molecule has 1 aliphatic carbocycles. The second kappa shape index (κ2) is 43.5. The number of ether oxygens (including phenoxy) is 1. The molecule has 8 aromatic carbocycles. The van der Waals surface area contributed by atoms with E-state index in [0.717, 1.165) is 140 Å². The van der Waals surface area contributed by atoms with E-state index in [0.29, 0.717) is 109 Å². The summed E-state index contributed by atoms with van der Waals surface area (Å²) in [6.07, 6.45) is -6.85. The molecule has 9 aliphatic heterocycles. The molecule has 16 atom stereocenters. The van der Waals surface area contributed by atoms with Crippen molar-refractivity contribution in [1.82, 2.24) is 59.2 Å². The Kier molecular flexibility index (Phi) is 32.0. The highest BCUT2D eigenvalue weighted by Gasteiger charge is 2.54. The Labute approximate surface area is 840 Å². The number of halogens is 9. The lowest BCUT2D eigenvalue weighted by atomic mass is 9.78. The maximum Gasteiger partial charge on any atom is 0.416 e. The van der Waals surface area contributed by atoms with Gasteiger partial charge in [-0.25, -0.2) is 24.0 Å². The van der Waals surface area contributed by atoms with Crippen molar-refractivity contribution in [1.29, 1.82) is 0 Å². The Morgan fingerprint density at radius 2 is 0.701 bits per heavy atom. The van der Waals surface area contributed by atoms with Crippen LogP contribution in [0.3, 0.4) is 0 Å². The Bertz CT molecular complexity index is 5930. The molecule has 0 spiro atoms. The zero-order valence-electron chi connectivity index (χ0n) is 85.5. The predicted octanol–water partition coefficient (Wildman–Crippen LogP) is 22.5. The molecule has 8 aromatic rings. The molecule has 8 saturated heterocycles. The summed E-state index contributed by atoms with van der Waals surface area (Å²) in [6.45, 7) is 33.2. The molecule has 3 N–H and O–H groups in total. The van der Waals surface area contributed by atoms with Crippen molar-refractivity contribution in [2.75, 3.05) is 113 Å². The summed E-state index contributed by atoms with van der Waals surface area (Å²) in [5.41, 5.74) is 20.0. The van der Waals surface area contributed by atoms with Crippen LogP contribution < -0.4 is 11.1 Å². The number of carbonyl (C=O) groups is 7. The average molecular weight is 1990 g/mol. The van der Waals surface area contributed by atoms with Crippen LogP contribution in [0.1, 0.15) is 226 Å². The highest BCUT2D eigenvalue weighted by Crippen LogP contribution is 2.52. The van der Waals surface area contributed by atoms with Crippen molar-refractivity contribution < 1.29 is 77.8 Å². The molecule has 770 valence electrons. The van der Waals surface area contributed by atoms with Crippen LogP contribution in [-0.4, -0.2) is 215 Å². The molecular formula is C113H137F9N14O8. The SMILES string of the molecule is Cc1cc(C)cc([C@@H](C)N(C)C(=O)N2CC[C@@H]3CNCC3[C@@H]2c2ccccc2C)c1.Cc1cc([C@@H](C)N(C)C(=O)N2CC[C@@H]3CN(C(N)=O)CC3[C@@H]2c2ccccc2C)cc(C(F)(F)F)c1.Cc1cc([C@@H](C)N(C)C(=O)N2CC[C@@H]3CN(C4=CC(=O)CC4)CC3[C@@H]2c2ccccc2C)cc(C(F)(F)F)c1.Cc1cc([C@@H](C)N(C)C(=O)N2CC[C@@H]3CN(C4=NC(=O)CO4)CC3[C@@H]2c2ccccc2C)cc(C(F)(F)F)c1. The summed E-state index contributed by atoms with van der Waals surface area (Å²) in [5.74, 6) is 2.19. The second-order valence-corrected chi connectivity index (χ2v) is 41.8. The topological polar surface area (TPSA) is 215 Å². The number of amidine groups is 1. The van der Waals surface area contributed by atoms with Gasteiger partial charge in [-0.1, -0.05) is 161 Å². The van der Waals surface area contributed by atoms with Gasteiger partial charge in [0.2, 0.25) is 0 Å². The summed E-state index contributed by atoms with van der Waals surface area (Å²) in [6, 6.07) is 48.3. The van der Waals surface area contributed by atoms with Gasteiger partial charge in [0.25, 0.3) is 11.9 Å². The normalized spacial score (nSPS) is 23.8. The lowest BCUT2D eigenvalue weighted by Gasteiger charge is -2.45. The van der Waals surface area contributed by atoms with Gasteiger partial charge < -0.3 is 69.7 Å². The van der Waals surface area contributed by atoms with Gasteiger partial charge in [-0.2, -0.15) is 44.5 Å². The van der Waals surface area contributed by atoms with E-state index in [1.165, 1.54) is 37.6 Å². The number of nitrogens with zero attached hydrogens (tertiary/aromatic N) is 12. The van der Waals surface area contributed by atoms with E-state index >= 15 is 0 Å². The fourth-order valence-corrected chi connectivity index (χ4v) is 24.1. The highest BCUT2D eigenvalue weighted by atomic mass is 19.4.